The number of rotatable bonds is 9. The molecule has 12 nitrogen and oxygen atoms in total. The second kappa shape index (κ2) is 13.0. The summed E-state index contributed by atoms with van der Waals surface area (Å²) < 4.78 is 1.44. The molecule has 1 saturated heterocycles. The minimum atomic E-state index is -1.07. The highest BCUT2D eigenvalue weighted by Gasteiger charge is 2.28. The summed E-state index contributed by atoms with van der Waals surface area (Å²) in [5.41, 5.74) is 1.69. The van der Waals surface area contributed by atoms with Gasteiger partial charge >= 0.3 is 5.97 Å². The van der Waals surface area contributed by atoms with Crippen molar-refractivity contribution >= 4 is 47.1 Å². The summed E-state index contributed by atoms with van der Waals surface area (Å²) in [6, 6.07) is 9.94. The van der Waals surface area contributed by atoms with Crippen molar-refractivity contribution in [2.24, 2.45) is 5.92 Å². The summed E-state index contributed by atoms with van der Waals surface area (Å²) in [6.07, 6.45) is 6.07. The Morgan fingerprint density at radius 2 is 1.85 bits per heavy atom. The standard InChI is InChI=1S/C27H28ClN7O5/c1-17(36)34-12-10-18(11-13-34)14-23(26(38)30-22-6-2-19(3-7-22)27(39)40)31-25(37)9-4-20-15-21(28)5-8-24(20)35-16-29-32-33-35/h2-9,15-16,18,23H,10-14H2,1H3,(H,30,38)(H,31,37)(H,39,40)/b9-4+/t23-/m0/s1. The van der Waals surface area contributed by atoms with Crippen LogP contribution in [0, 0.1) is 5.92 Å². The molecule has 2 aromatic carbocycles. The maximum Gasteiger partial charge on any atom is 0.335 e. The van der Waals surface area contributed by atoms with E-state index in [1.54, 1.807) is 29.2 Å². The van der Waals surface area contributed by atoms with Crippen molar-refractivity contribution in [1.82, 2.24) is 30.4 Å². The van der Waals surface area contributed by atoms with Crippen LogP contribution in [0.2, 0.25) is 5.02 Å². The van der Waals surface area contributed by atoms with E-state index in [4.69, 9.17) is 16.7 Å². The second-order valence-electron chi connectivity index (χ2n) is 9.41. The molecule has 3 amide bonds. The molecule has 0 radical (unpaired) electrons. The smallest absolute Gasteiger partial charge is 0.335 e. The minimum Gasteiger partial charge on any atom is -0.478 e. The Morgan fingerprint density at radius 1 is 1.12 bits per heavy atom. The van der Waals surface area contributed by atoms with Crippen molar-refractivity contribution in [1.29, 1.82) is 0 Å². The predicted octanol–water partition coefficient (Wildman–Crippen LogP) is 2.80. The molecule has 2 heterocycles. The number of hydrogen-bond acceptors (Lipinski definition) is 7. The molecular formula is C27H28ClN7O5. The van der Waals surface area contributed by atoms with E-state index in [9.17, 15) is 19.2 Å². The van der Waals surface area contributed by atoms with Gasteiger partial charge in [0, 0.05) is 42.4 Å². The van der Waals surface area contributed by atoms with Gasteiger partial charge in [0.15, 0.2) is 0 Å². The van der Waals surface area contributed by atoms with Crippen LogP contribution in [0.1, 0.15) is 42.1 Å². The largest absolute Gasteiger partial charge is 0.478 e. The minimum absolute atomic E-state index is 0.0121. The predicted molar refractivity (Wildman–Crippen MR) is 147 cm³/mol. The number of carboxylic acid groups (broad SMARTS) is 1. The number of aromatic carboxylic acids is 1. The number of hydrogen-bond donors (Lipinski definition) is 3. The van der Waals surface area contributed by atoms with E-state index in [-0.39, 0.29) is 17.4 Å². The van der Waals surface area contributed by atoms with Gasteiger partial charge in [-0.15, -0.1) is 5.10 Å². The lowest BCUT2D eigenvalue weighted by atomic mass is 9.89. The van der Waals surface area contributed by atoms with Gasteiger partial charge in [-0.3, -0.25) is 14.4 Å². The highest BCUT2D eigenvalue weighted by atomic mass is 35.5. The van der Waals surface area contributed by atoms with Gasteiger partial charge in [0.2, 0.25) is 17.7 Å². The van der Waals surface area contributed by atoms with Crippen molar-refractivity contribution in [2.75, 3.05) is 18.4 Å². The van der Waals surface area contributed by atoms with Crippen molar-refractivity contribution in [3.63, 3.8) is 0 Å². The van der Waals surface area contributed by atoms with Crippen molar-refractivity contribution < 1.29 is 24.3 Å². The van der Waals surface area contributed by atoms with Crippen LogP contribution < -0.4 is 10.6 Å². The number of anilines is 1. The molecule has 0 saturated carbocycles. The Balaban J connectivity index is 1.49. The number of amides is 3. The fourth-order valence-corrected chi connectivity index (χ4v) is 4.68. The van der Waals surface area contributed by atoms with Gasteiger partial charge in [0.1, 0.15) is 12.4 Å². The zero-order valence-electron chi connectivity index (χ0n) is 21.7. The van der Waals surface area contributed by atoms with Gasteiger partial charge in [-0.05, 0) is 84.1 Å². The van der Waals surface area contributed by atoms with Crippen LogP contribution in [-0.2, 0) is 14.4 Å². The van der Waals surface area contributed by atoms with Gasteiger partial charge in [0.05, 0.1) is 11.3 Å². The van der Waals surface area contributed by atoms with Gasteiger partial charge < -0.3 is 20.6 Å². The third-order valence-electron chi connectivity index (χ3n) is 6.66. The monoisotopic (exact) mass is 565 g/mol. The molecule has 1 fully saturated rings. The third kappa shape index (κ3) is 7.50. The second-order valence-corrected chi connectivity index (χ2v) is 9.85. The number of likely N-dealkylation sites (tertiary alicyclic amines) is 1. The van der Waals surface area contributed by atoms with E-state index in [2.05, 4.69) is 26.2 Å². The number of carboxylic acids is 1. The number of benzene rings is 2. The number of tetrazole rings is 1. The number of carbonyl (C=O) groups excluding carboxylic acids is 3. The lowest BCUT2D eigenvalue weighted by Crippen LogP contribution is -2.46. The molecule has 40 heavy (non-hydrogen) atoms. The van der Waals surface area contributed by atoms with Crippen molar-refractivity contribution in [3.05, 3.63) is 71.0 Å². The van der Waals surface area contributed by atoms with Crippen molar-refractivity contribution in [2.45, 2.75) is 32.2 Å². The molecule has 0 unspecified atom stereocenters. The van der Waals surface area contributed by atoms with E-state index in [1.807, 2.05) is 0 Å². The average molecular weight is 566 g/mol. The Morgan fingerprint density at radius 3 is 2.48 bits per heavy atom. The maximum absolute atomic E-state index is 13.3. The molecule has 4 rings (SSSR count). The highest BCUT2D eigenvalue weighted by molar-refractivity contribution is 6.30. The van der Waals surface area contributed by atoms with Gasteiger partial charge in [-0.1, -0.05) is 11.6 Å². The zero-order valence-corrected chi connectivity index (χ0v) is 22.4. The van der Waals surface area contributed by atoms with Gasteiger partial charge in [-0.25, -0.2) is 4.79 Å². The molecule has 208 valence electrons. The van der Waals surface area contributed by atoms with Crippen LogP contribution in [0.5, 0.6) is 0 Å². The number of carbonyl (C=O) groups is 4. The molecule has 0 bridgehead atoms. The Hall–Kier alpha value is -4.58. The zero-order chi connectivity index (χ0) is 28.6. The number of nitrogens with zero attached hydrogens (tertiary/aromatic N) is 5. The lowest BCUT2D eigenvalue weighted by molar-refractivity contribution is -0.130. The third-order valence-corrected chi connectivity index (χ3v) is 6.90. The van der Waals surface area contributed by atoms with Crippen LogP contribution >= 0.6 is 11.6 Å². The molecule has 1 atom stereocenters. The summed E-state index contributed by atoms with van der Waals surface area (Å²) in [4.78, 5) is 50.9. The van der Waals surface area contributed by atoms with Crippen molar-refractivity contribution in [3.8, 4) is 5.69 Å². The fourth-order valence-electron chi connectivity index (χ4n) is 4.50. The van der Waals surface area contributed by atoms with Crippen LogP contribution in [0.3, 0.4) is 0 Å². The Kier molecular flexibility index (Phi) is 9.23. The van der Waals surface area contributed by atoms with E-state index in [1.165, 1.54) is 48.3 Å². The molecule has 1 aliphatic heterocycles. The number of piperidine rings is 1. The van der Waals surface area contributed by atoms with E-state index in [0.29, 0.717) is 54.3 Å². The van der Waals surface area contributed by atoms with Crippen LogP contribution in [0.25, 0.3) is 11.8 Å². The first-order chi connectivity index (χ1) is 19.2. The summed E-state index contributed by atoms with van der Waals surface area (Å²) >= 11 is 6.16. The number of aromatic nitrogens is 4. The molecule has 13 heteroatoms. The Labute approximate surface area is 235 Å². The van der Waals surface area contributed by atoms with Crippen LogP contribution in [0.15, 0.2) is 54.9 Å². The molecule has 1 aliphatic rings. The van der Waals surface area contributed by atoms with E-state index < -0.39 is 23.8 Å². The number of halogens is 1. The van der Waals surface area contributed by atoms with Gasteiger partial charge in [0.25, 0.3) is 0 Å². The quantitative estimate of drug-likeness (QED) is 0.334. The summed E-state index contributed by atoms with van der Waals surface area (Å²) in [7, 11) is 0. The van der Waals surface area contributed by atoms with E-state index in [0.717, 1.165) is 0 Å². The average Bonchev–Trinajstić information content (AvgIpc) is 3.47. The normalized spacial score (nSPS) is 14.6. The highest BCUT2D eigenvalue weighted by Crippen LogP contribution is 2.24. The summed E-state index contributed by atoms with van der Waals surface area (Å²) in [6.45, 7) is 2.71. The van der Waals surface area contributed by atoms with Crippen LogP contribution in [-0.4, -0.2) is 73.0 Å². The van der Waals surface area contributed by atoms with Crippen LogP contribution in [0.4, 0.5) is 5.69 Å². The molecular weight excluding hydrogens is 538 g/mol. The fraction of sp³-hybridized carbons (Fsp3) is 0.296. The van der Waals surface area contributed by atoms with E-state index >= 15 is 0 Å². The molecule has 3 N–H and O–H groups in total. The summed E-state index contributed by atoms with van der Waals surface area (Å²) in [5, 5.41) is 26.3. The Bertz CT molecular complexity index is 1400. The SMILES string of the molecule is CC(=O)N1CCC(C[C@H](NC(=O)/C=C/c2cc(Cl)ccc2-n2cnnn2)C(=O)Nc2ccc(C(=O)O)cc2)CC1. The first-order valence-corrected chi connectivity index (χ1v) is 13.0. The molecule has 1 aromatic heterocycles. The molecule has 0 spiro atoms. The molecule has 3 aromatic rings. The lowest BCUT2D eigenvalue weighted by Gasteiger charge is -2.33. The summed E-state index contributed by atoms with van der Waals surface area (Å²) in [5.74, 6) is -1.88. The van der Waals surface area contributed by atoms with Gasteiger partial charge in [-0.2, -0.15) is 4.68 Å². The molecule has 0 aliphatic carbocycles. The topological polar surface area (TPSA) is 159 Å². The first kappa shape index (κ1) is 28.4. The maximum atomic E-state index is 13.3. The first-order valence-electron chi connectivity index (χ1n) is 12.6. The number of nitrogens with one attached hydrogen (secondary N) is 2.